The van der Waals surface area contributed by atoms with Crippen molar-refractivity contribution in [3.63, 3.8) is 0 Å². The number of likely N-dealkylation sites (tertiary alicyclic amines) is 1. The van der Waals surface area contributed by atoms with Crippen molar-refractivity contribution < 1.29 is 9.84 Å². The summed E-state index contributed by atoms with van der Waals surface area (Å²) < 4.78 is 5.28. The van der Waals surface area contributed by atoms with Gasteiger partial charge < -0.3 is 9.84 Å². The number of aliphatic hydroxyl groups excluding tert-OH is 1. The molecule has 0 aromatic rings. The zero-order valence-electron chi connectivity index (χ0n) is 7.28. The van der Waals surface area contributed by atoms with Gasteiger partial charge in [0.1, 0.15) is 0 Å². The molecule has 1 N–H and O–H groups in total. The number of hydrogen-bond donors (Lipinski definition) is 2. The minimum Gasteiger partial charge on any atom is -0.392 e. The van der Waals surface area contributed by atoms with Crippen molar-refractivity contribution in [3.05, 3.63) is 0 Å². The molecule has 0 amide bonds. The van der Waals surface area contributed by atoms with Gasteiger partial charge in [0.2, 0.25) is 0 Å². The van der Waals surface area contributed by atoms with E-state index in [9.17, 15) is 5.11 Å². The van der Waals surface area contributed by atoms with Gasteiger partial charge in [-0.2, -0.15) is 12.6 Å². The van der Waals surface area contributed by atoms with E-state index in [0.717, 1.165) is 45.0 Å². The molecule has 1 aliphatic rings. The molecule has 0 radical (unpaired) electrons. The average Bonchev–Trinajstić information content (AvgIpc) is 2.45. The summed E-state index contributed by atoms with van der Waals surface area (Å²) in [6.45, 7) is 4.23. The second-order valence-corrected chi connectivity index (χ2v) is 3.53. The third-order valence-corrected chi connectivity index (χ3v) is 2.22. The second kappa shape index (κ2) is 5.80. The molecule has 0 saturated carbocycles. The van der Waals surface area contributed by atoms with Crippen molar-refractivity contribution in [1.82, 2.24) is 4.90 Å². The molecule has 0 spiro atoms. The number of thiol groups is 1. The first-order valence-electron chi connectivity index (χ1n) is 4.42. The van der Waals surface area contributed by atoms with E-state index in [1.807, 2.05) is 0 Å². The maximum atomic E-state index is 9.21. The molecule has 0 aromatic carbocycles. The molecular formula is C8H17NO2S. The summed E-state index contributed by atoms with van der Waals surface area (Å²) in [4.78, 5) is 2.23. The van der Waals surface area contributed by atoms with Gasteiger partial charge in [0.05, 0.1) is 19.3 Å². The van der Waals surface area contributed by atoms with E-state index >= 15 is 0 Å². The number of rotatable bonds is 5. The van der Waals surface area contributed by atoms with Crippen LogP contribution in [0.3, 0.4) is 0 Å². The van der Waals surface area contributed by atoms with Crippen LogP contribution in [0.2, 0.25) is 0 Å². The molecule has 72 valence electrons. The van der Waals surface area contributed by atoms with Gasteiger partial charge in [-0.25, -0.2) is 0 Å². The number of hydrogen-bond acceptors (Lipinski definition) is 4. The Kier molecular flexibility index (Phi) is 4.99. The van der Waals surface area contributed by atoms with Gasteiger partial charge in [0.15, 0.2) is 0 Å². The zero-order chi connectivity index (χ0) is 8.81. The molecular weight excluding hydrogens is 174 g/mol. The average molecular weight is 191 g/mol. The SMILES string of the molecule is OC1CCN(CCOCCS)C1. The van der Waals surface area contributed by atoms with Crippen molar-refractivity contribution in [3.8, 4) is 0 Å². The third kappa shape index (κ3) is 3.76. The Morgan fingerprint density at radius 2 is 2.33 bits per heavy atom. The van der Waals surface area contributed by atoms with Gasteiger partial charge in [0, 0.05) is 25.4 Å². The monoisotopic (exact) mass is 191 g/mol. The van der Waals surface area contributed by atoms with Crippen LogP contribution in [0.1, 0.15) is 6.42 Å². The summed E-state index contributed by atoms with van der Waals surface area (Å²) >= 11 is 4.04. The van der Waals surface area contributed by atoms with E-state index in [1.165, 1.54) is 0 Å². The fourth-order valence-electron chi connectivity index (χ4n) is 1.38. The van der Waals surface area contributed by atoms with E-state index in [2.05, 4.69) is 17.5 Å². The normalized spacial score (nSPS) is 25.0. The predicted molar refractivity (Wildman–Crippen MR) is 51.7 cm³/mol. The predicted octanol–water partition coefficient (Wildman–Crippen LogP) is -0.000600. The standard InChI is InChI=1S/C8H17NO2S/c10-8-1-2-9(7-8)3-4-11-5-6-12/h8,10,12H,1-7H2. The number of nitrogens with zero attached hydrogens (tertiary/aromatic N) is 1. The Hall–Kier alpha value is 0.230. The molecule has 12 heavy (non-hydrogen) atoms. The number of ether oxygens (including phenoxy) is 1. The van der Waals surface area contributed by atoms with E-state index < -0.39 is 0 Å². The number of aliphatic hydroxyl groups is 1. The van der Waals surface area contributed by atoms with Gasteiger partial charge in [0.25, 0.3) is 0 Å². The van der Waals surface area contributed by atoms with Crippen LogP contribution in [0, 0.1) is 0 Å². The molecule has 3 nitrogen and oxygen atoms in total. The summed E-state index contributed by atoms with van der Waals surface area (Å²) in [6, 6.07) is 0. The van der Waals surface area contributed by atoms with E-state index in [1.54, 1.807) is 0 Å². The summed E-state index contributed by atoms with van der Waals surface area (Å²) in [5.41, 5.74) is 0. The molecule has 0 aliphatic carbocycles. The molecule has 4 heteroatoms. The van der Waals surface area contributed by atoms with Crippen molar-refractivity contribution >= 4 is 12.6 Å². The van der Waals surface area contributed by atoms with Crippen LogP contribution in [0.4, 0.5) is 0 Å². The lowest BCUT2D eigenvalue weighted by Crippen LogP contribution is -2.26. The van der Waals surface area contributed by atoms with Crippen LogP contribution < -0.4 is 0 Å². The molecule has 0 bridgehead atoms. The minimum atomic E-state index is -0.116. The van der Waals surface area contributed by atoms with Crippen molar-refractivity contribution in [2.24, 2.45) is 0 Å². The topological polar surface area (TPSA) is 32.7 Å². The van der Waals surface area contributed by atoms with Crippen molar-refractivity contribution in [1.29, 1.82) is 0 Å². The summed E-state index contributed by atoms with van der Waals surface area (Å²) in [7, 11) is 0. The molecule has 0 aromatic heterocycles. The highest BCUT2D eigenvalue weighted by Gasteiger charge is 2.18. The van der Waals surface area contributed by atoms with Gasteiger partial charge in [-0.05, 0) is 6.42 Å². The highest BCUT2D eigenvalue weighted by atomic mass is 32.1. The van der Waals surface area contributed by atoms with Crippen LogP contribution in [-0.2, 0) is 4.74 Å². The zero-order valence-corrected chi connectivity index (χ0v) is 8.17. The third-order valence-electron chi connectivity index (χ3n) is 2.03. The molecule has 1 rings (SSSR count). The molecule has 1 fully saturated rings. The highest BCUT2D eigenvalue weighted by Crippen LogP contribution is 2.07. The summed E-state index contributed by atoms with van der Waals surface area (Å²) in [6.07, 6.45) is 0.793. The van der Waals surface area contributed by atoms with Gasteiger partial charge in [-0.3, -0.25) is 4.90 Å². The van der Waals surface area contributed by atoms with Crippen LogP contribution in [0.25, 0.3) is 0 Å². The van der Waals surface area contributed by atoms with E-state index in [4.69, 9.17) is 4.74 Å². The lowest BCUT2D eigenvalue weighted by atomic mass is 10.3. The fourth-order valence-corrected chi connectivity index (χ4v) is 1.50. The van der Waals surface area contributed by atoms with Crippen LogP contribution in [0.5, 0.6) is 0 Å². The Morgan fingerprint density at radius 3 is 2.92 bits per heavy atom. The Balaban J connectivity index is 1.93. The van der Waals surface area contributed by atoms with Crippen molar-refractivity contribution in [2.75, 3.05) is 38.6 Å². The summed E-state index contributed by atoms with van der Waals surface area (Å²) in [5, 5.41) is 9.21. The minimum absolute atomic E-state index is 0.116. The van der Waals surface area contributed by atoms with Crippen LogP contribution in [0.15, 0.2) is 0 Å². The first-order chi connectivity index (χ1) is 5.83. The van der Waals surface area contributed by atoms with Gasteiger partial charge in [-0.15, -0.1) is 0 Å². The Bertz CT molecular complexity index is 124. The van der Waals surface area contributed by atoms with Crippen LogP contribution >= 0.6 is 12.6 Å². The van der Waals surface area contributed by atoms with Gasteiger partial charge >= 0.3 is 0 Å². The Morgan fingerprint density at radius 1 is 1.50 bits per heavy atom. The first kappa shape index (κ1) is 10.3. The smallest absolute Gasteiger partial charge is 0.0679 e. The number of β-amino-alcohol motifs (C(OH)–C–C–N with tert-alkyl or cyclic N) is 1. The highest BCUT2D eigenvalue weighted by molar-refractivity contribution is 7.80. The fraction of sp³-hybridized carbons (Fsp3) is 1.00. The lowest BCUT2D eigenvalue weighted by Gasteiger charge is -2.14. The molecule has 1 aliphatic heterocycles. The van der Waals surface area contributed by atoms with E-state index in [0.29, 0.717) is 0 Å². The molecule has 1 atom stereocenters. The summed E-state index contributed by atoms with van der Waals surface area (Å²) in [5.74, 6) is 0.780. The van der Waals surface area contributed by atoms with Crippen LogP contribution in [-0.4, -0.2) is 54.7 Å². The Labute approximate surface area is 79.1 Å². The second-order valence-electron chi connectivity index (χ2n) is 3.08. The first-order valence-corrected chi connectivity index (χ1v) is 5.05. The largest absolute Gasteiger partial charge is 0.392 e. The van der Waals surface area contributed by atoms with Crippen molar-refractivity contribution in [2.45, 2.75) is 12.5 Å². The molecule has 1 saturated heterocycles. The van der Waals surface area contributed by atoms with E-state index in [-0.39, 0.29) is 6.10 Å². The molecule has 1 heterocycles. The quantitative estimate of drug-likeness (QED) is 0.474. The maximum Gasteiger partial charge on any atom is 0.0679 e. The lowest BCUT2D eigenvalue weighted by molar-refractivity contribution is 0.115. The molecule has 1 unspecified atom stereocenters. The van der Waals surface area contributed by atoms with Gasteiger partial charge in [-0.1, -0.05) is 0 Å². The maximum absolute atomic E-state index is 9.21.